The summed E-state index contributed by atoms with van der Waals surface area (Å²) < 4.78 is 0. The van der Waals surface area contributed by atoms with Crippen molar-refractivity contribution in [3.8, 4) is 0 Å². The summed E-state index contributed by atoms with van der Waals surface area (Å²) in [5, 5.41) is 0. The van der Waals surface area contributed by atoms with Gasteiger partial charge >= 0.3 is 0 Å². The molecule has 16 heavy (non-hydrogen) atoms. The standard InChI is InChI=1S/C16H21/c1-5-8-14-11-15(9-6-2)13-16(4,12-14)10-7-3/h5-7,11-12H,1-4,8-10,13H2. The fraction of sp³-hybridized carbons (Fsp3) is 0.312. The summed E-state index contributed by atoms with van der Waals surface area (Å²) in [6, 6.07) is 0. The van der Waals surface area contributed by atoms with Crippen LogP contribution in [0.3, 0.4) is 0 Å². The minimum atomic E-state index is -0.0206. The third-order valence-corrected chi connectivity index (χ3v) is 2.80. The van der Waals surface area contributed by atoms with E-state index in [1.807, 2.05) is 18.2 Å². The van der Waals surface area contributed by atoms with E-state index in [1.54, 1.807) is 0 Å². The fourth-order valence-electron chi connectivity index (χ4n) is 2.27. The molecule has 0 aromatic heterocycles. The first-order chi connectivity index (χ1) is 7.63. The molecule has 0 heteroatoms. The van der Waals surface area contributed by atoms with Gasteiger partial charge in [0.25, 0.3) is 0 Å². The molecule has 0 nitrogen and oxygen atoms in total. The van der Waals surface area contributed by atoms with Crippen LogP contribution in [0.5, 0.6) is 0 Å². The summed E-state index contributed by atoms with van der Waals surface area (Å²) in [5.74, 6) is 0. The Morgan fingerprint density at radius 2 is 1.81 bits per heavy atom. The van der Waals surface area contributed by atoms with Crippen LogP contribution in [0.25, 0.3) is 0 Å². The first-order valence-electron chi connectivity index (χ1n) is 5.73. The third kappa shape index (κ3) is 3.37. The predicted molar refractivity (Wildman–Crippen MR) is 73.0 cm³/mol. The molecular formula is C16H21. The lowest BCUT2D eigenvalue weighted by Crippen LogP contribution is -2.17. The summed E-state index contributed by atoms with van der Waals surface area (Å²) in [6.07, 6.45) is 14.2. The van der Waals surface area contributed by atoms with Crippen LogP contribution in [0.1, 0.15) is 25.7 Å². The Hall–Kier alpha value is -1.30. The molecule has 0 fully saturated rings. The van der Waals surface area contributed by atoms with Crippen LogP contribution in [-0.2, 0) is 0 Å². The molecule has 1 aliphatic rings. The molecule has 0 aliphatic heterocycles. The lowest BCUT2D eigenvalue weighted by Gasteiger charge is -2.30. The second-order valence-corrected chi connectivity index (χ2v) is 4.54. The Kier molecular flexibility index (Phi) is 4.54. The second-order valence-electron chi connectivity index (χ2n) is 4.54. The first kappa shape index (κ1) is 12.8. The molecule has 0 aromatic rings. The van der Waals surface area contributed by atoms with E-state index in [1.165, 1.54) is 11.1 Å². The zero-order valence-corrected chi connectivity index (χ0v) is 10.0. The zero-order valence-electron chi connectivity index (χ0n) is 10.0. The molecule has 1 radical (unpaired) electrons. The Labute approximate surface area is 99.8 Å². The number of hydrogen-bond donors (Lipinski definition) is 0. The van der Waals surface area contributed by atoms with Crippen LogP contribution >= 0.6 is 0 Å². The van der Waals surface area contributed by atoms with E-state index < -0.39 is 0 Å². The molecule has 0 saturated heterocycles. The van der Waals surface area contributed by atoms with Crippen molar-refractivity contribution in [1.82, 2.24) is 0 Å². The van der Waals surface area contributed by atoms with Gasteiger partial charge in [-0.3, -0.25) is 0 Å². The van der Waals surface area contributed by atoms with Gasteiger partial charge in [-0.1, -0.05) is 36.0 Å². The molecule has 0 bridgehead atoms. The summed E-state index contributed by atoms with van der Waals surface area (Å²) in [4.78, 5) is 0. The van der Waals surface area contributed by atoms with Crippen molar-refractivity contribution in [2.45, 2.75) is 25.7 Å². The first-order valence-corrected chi connectivity index (χ1v) is 5.73. The highest BCUT2D eigenvalue weighted by molar-refractivity contribution is 5.35. The number of hydrogen-bond acceptors (Lipinski definition) is 0. The van der Waals surface area contributed by atoms with Crippen LogP contribution in [0.4, 0.5) is 0 Å². The molecule has 1 unspecified atom stereocenters. The molecule has 0 aromatic carbocycles. The normalized spacial score (nSPS) is 24.3. The summed E-state index contributed by atoms with van der Waals surface area (Å²) in [7, 11) is 0. The van der Waals surface area contributed by atoms with Gasteiger partial charge in [0.05, 0.1) is 0 Å². The Bertz CT molecular complexity index is 341. The van der Waals surface area contributed by atoms with Crippen LogP contribution in [0, 0.1) is 12.3 Å². The summed E-state index contributed by atoms with van der Waals surface area (Å²) >= 11 is 0. The minimum absolute atomic E-state index is 0.0206. The van der Waals surface area contributed by atoms with Gasteiger partial charge in [-0.25, -0.2) is 0 Å². The molecule has 1 aliphatic carbocycles. The molecule has 1 rings (SSSR count). The van der Waals surface area contributed by atoms with Crippen molar-refractivity contribution in [3.05, 3.63) is 68.2 Å². The van der Waals surface area contributed by atoms with Gasteiger partial charge in [-0.15, -0.1) is 19.7 Å². The van der Waals surface area contributed by atoms with Crippen LogP contribution in [0.15, 0.2) is 61.3 Å². The molecule has 0 amide bonds. The van der Waals surface area contributed by atoms with E-state index in [2.05, 4.69) is 38.8 Å². The van der Waals surface area contributed by atoms with Crippen LogP contribution in [-0.4, -0.2) is 0 Å². The van der Waals surface area contributed by atoms with Gasteiger partial charge in [0.15, 0.2) is 0 Å². The van der Waals surface area contributed by atoms with E-state index in [4.69, 9.17) is 0 Å². The maximum absolute atomic E-state index is 4.33. The highest BCUT2D eigenvalue weighted by Gasteiger charge is 2.25. The van der Waals surface area contributed by atoms with Gasteiger partial charge in [0.1, 0.15) is 0 Å². The smallest absolute Gasteiger partial charge is 0.00403 e. The average molecular weight is 213 g/mol. The van der Waals surface area contributed by atoms with E-state index in [0.717, 1.165) is 25.7 Å². The third-order valence-electron chi connectivity index (χ3n) is 2.80. The van der Waals surface area contributed by atoms with E-state index >= 15 is 0 Å². The van der Waals surface area contributed by atoms with Crippen molar-refractivity contribution in [1.29, 1.82) is 0 Å². The van der Waals surface area contributed by atoms with Crippen molar-refractivity contribution in [3.63, 3.8) is 0 Å². The van der Waals surface area contributed by atoms with Crippen molar-refractivity contribution < 1.29 is 0 Å². The minimum Gasteiger partial charge on any atom is -0.103 e. The van der Waals surface area contributed by atoms with E-state index in [0.29, 0.717) is 0 Å². The van der Waals surface area contributed by atoms with Crippen molar-refractivity contribution in [2.24, 2.45) is 5.41 Å². The lowest BCUT2D eigenvalue weighted by atomic mass is 9.74. The highest BCUT2D eigenvalue weighted by atomic mass is 14.3. The molecular weight excluding hydrogens is 192 g/mol. The van der Waals surface area contributed by atoms with Gasteiger partial charge in [0, 0.05) is 0 Å². The van der Waals surface area contributed by atoms with Gasteiger partial charge in [-0.05, 0) is 43.6 Å². The summed E-state index contributed by atoms with van der Waals surface area (Å²) in [6.45, 7) is 15.7. The monoisotopic (exact) mass is 213 g/mol. The number of rotatable bonds is 6. The Morgan fingerprint density at radius 3 is 2.38 bits per heavy atom. The zero-order chi connectivity index (χ0) is 12.0. The van der Waals surface area contributed by atoms with Crippen LogP contribution in [0.2, 0.25) is 0 Å². The summed E-state index contributed by atoms with van der Waals surface area (Å²) in [5.41, 5.74) is 2.70. The van der Waals surface area contributed by atoms with E-state index in [-0.39, 0.29) is 5.41 Å². The molecule has 0 N–H and O–H groups in total. The highest BCUT2D eigenvalue weighted by Crippen LogP contribution is 2.38. The molecule has 1 atom stereocenters. The maximum atomic E-state index is 4.33. The predicted octanol–water partition coefficient (Wildman–Crippen LogP) is 4.79. The Balaban J connectivity index is 2.93. The van der Waals surface area contributed by atoms with Crippen molar-refractivity contribution >= 4 is 0 Å². The topological polar surface area (TPSA) is 0 Å². The van der Waals surface area contributed by atoms with Gasteiger partial charge in [0.2, 0.25) is 0 Å². The largest absolute Gasteiger partial charge is 0.103 e. The lowest BCUT2D eigenvalue weighted by molar-refractivity contribution is 0.475. The van der Waals surface area contributed by atoms with Gasteiger partial charge in [-0.2, -0.15) is 0 Å². The second kappa shape index (κ2) is 5.69. The quantitative estimate of drug-likeness (QED) is 0.556. The molecule has 0 spiro atoms. The van der Waals surface area contributed by atoms with E-state index in [9.17, 15) is 0 Å². The average Bonchev–Trinajstić information content (AvgIpc) is 2.17. The molecule has 0 heterocycles. The Morgan fingerprint density at radius 1 is 1.12 bits per heavy atom. The van der Waals surface area contributed by atoms with Crippen molar-refractivity contribution in [2.75, 3.05) is 0 Å². The maximum Gasteiger partial charge on any atom is -0.00403 e. The van der Waals surface area contributed by atoms with Crippen LogP contribution < -0.4 is 0 Å². The fourth-order valence-corrected chi connectivity index (χ4v) is 2.27. The molecule has 0 saturated carbocycles. The molecule has 85 valence electrons. The van der Waals surface area contributed by atoms with Gasteiger partial charge < -0.3 is 0 Å². The SMILES string of the molecule is [CH2]C1(CC=C)C=C(CC=C)C=C(CC=C)C1. The number of allylic oxidation sites excluding steroid dienone is 7.